The van der Waals surface area contributed by atoms with Crippen molar-refractivity contribution in [2.75, 3.05) is 13.2 Å². The van der Waals surface area contributed by atoms with E-state index in [2.05, 4.69) is 83.3 Å². The summed E-state index contributed by atoms with van der Waals surface area (Å²) in [5.41, 5.74) is 3.85. The van der Waals surface area contributed by atoms with Gasteiger partial charge in [-0.1, -0.05) is 73.9 Å². The highest BCUT2D eigenvalue weighted by molar-refractivity contribution is 6.51. The lowest BCUT2D eigenvalue weighted by Gasteiger charge is -2.22. The Morgan fingerprint density at radius 1 is 1.00 bits per heavy atom. The quantitative estimate of drug-likeness (QED) is 0.526. The van der Waals surface area contributed by atoms with Crippen molar-refractivity contribution < 1.29 is 9.47 Å². The number of hydrogen-bond acceptors (Lipinski definition) is 3. The molecule has 1 aromatic heterocycles. The third-order valence-electron chi connectivity index (χ3n) is 5.85. The minimum absolute atomic E-state index is 0.0864. The van der Waals surface area contributed by atoms with Crippen molar-refractivity contribution >= 4 is 13.0 Å². The van der Waals surface area contributed by atoms with Gasteiger partial charge in [0.2, 0.25) is 7.28 Å². The van der Waals surface area contributed by atoms with Crippen LogP contribution in [0, 0.1) is 5.92 Å². The average Bonchev–Trinajstić information content (AvgIpc) is 3.46. The molecule has 0 saturated carbocycles. The fourth-order valence-corrected chi connectivity index (χ4v) is 4.21. The summed E-state index contributed by atoms with van der Waals surface area (Å²) in [7, 11) is 0.935. The standard InChI is InChI=1S/C24H29BN2O2/c1-2-19(23-28-15-16-29-23)18-27-14-13-26-24(27)25-17-22(20-9-5-3-6-10-20)21-11-7-4-8-12-21/h3-14,19,22-23,25H,2,15-18H2,1H3. The van der Waals surface area contributed by atoms with E-state index in [4.69, 9.17) is 9.47 Å². The molecule has 5 heteroatoms. The second-order valence-corrected chi connectivity index (χ2v) is 7.69. The Balaban J connectivity index is 1.48. The Morgan fingerprint density at radius 3 is 2.21 bits per heavy atom. The number of ether oxygens (including phenoxy) is 2. The van der Waals surface area contributed by atoms with Crippen LogP contribution in [0.1, 0.15) is 30.4 Å². The van der Waals surface area contributed by atoms with Crippen LogP contribution in [-0.2, 0) is 16.0 Å². The Hall–Kier alpha value is -2.37. The van der Waals surface area contributed by atoms with E-state index in [0.717, 1.165) is 32.3 Å². The van der Waals surface area contributed by atoms with E-state index in [-0.39, 0.29) is 6.29 Å². The van der Waals surface area contributed by atoms with E-state index in [9.17, 15) is 0 Å². The van der Waals surface area contributed by atoms with E-state index in [1.54, 1.807) is 0 Å². The van der Waals surface area contributed by atoms with Crippen molar-refractivity contribution in [3.05, 3.63) is 84.2 Å². The van der Waals surface area contributed by atoms with Crippen LogP contribution in [0.15, 0.2) is 73.1 Å². The first-order chi connectivity index (χ1) is 14.3. The van der Waals surface area contributed by atoms with Crippen molar-refractivity contribution in [3.8, 4) is 0 Å². The minimum Gasteiger partial charge on any atom is -0.350 e. The minimum atomic E-state index is -0.0864. The third kappa shape index (κ3) is 4.98. The zero-order chi connectivity index (χ0) is 19.9. The molecule has 2 heterocycles. The molecule has 3 aromatic rings. The van der Waals surface area contributed by atoms with E-state index in [1.165, 1.54) is 11.1 Å². The first kappa shape index (κ1) is 19.9. The molecule has 0 radical (unpaired) electrons. The monoisotopic (exact) mass is 388 g/mol. The van der Waals surface area contributed by atoms with Gasteiger partial charge in [0.25, 0.3) is 0 Å². The van der Waals surface area contributed by atoms with Gasteiger partial charge in [-0.25, -0.2) is 0 Å². The highest BCUT2D eigenvalue weighted by Gasteiger charge is 2.26. The molecule has 0 amide bonds. The number of benzene rings is 2. The molecule has 0 bridgehead atoms. The van der Waals surface area contributed by atoms with Crippen molar-refractivity contribution in [3.63, 3.8) is 0 Å². The first-order valence-corrected chi connectivity index (χ1v) is 10.7. The number of hydrogen-bond donors (Lipinski definition) is 0. The third-order valence-corrected chi connectivity index (χ3v) is 5.85. The highest BCUT2D eigenvalue weighted by Crippen LogP contribution is 2.28. The van der Waals surface area contributed by atoms with Gasteiger partial charge in [-0.15, -0.1) is 0 Å². The van der Waals surface area contributed by atoms with Crippen LogP contribution in [0.5, 0.6) is 0 Å². The summed E-state index contributed by atoms with van der Waals surface area (Å²) in [6, 6.07) is 21.6. The second-order valence-electron chi connectivity index (χ2n) is 7.69. The molecular formula is C24H29BN2O2. The summed E-state index contributed by atoms with van der Waals surface area (Å²) < 4.78 is 13.8. The number of aromatic nitrogens is 2. The zero-order valence-corrected chi connectivity index (χ0v) is 17.1. The lowest BCUT2D eigenvalue weighted by atomic mass is 9.65. The van der Waals surface area contributed by atoms with Gasteiger partial charge < -0.3 is 14.0 Å². The zero-order valence-electron chi connectivity index (χ0n) is 17.1. The summed E-state index contributed by atoms with van der Waals surface area (Å²) in [6.07, 6.45) is 5.97. The maximum atomic E-state index is 5.75. The number of rotatable bonds is 9. The van der Waals surface area contributed by atoms with Gasteiger partial charge in [-0.3, -0.25) is 4.98 Å². The lowest BCUT2D eigenvalue weighted by molar-refractivity contribution is -0.0882. The van der Waals surface area contributed by atoms with Crippen LogP contribution in [0.2, 0.25) is 6.32 Å². The van der Waals surface area contributed by atoms with Crippen molar-refractivity contribution in [1.82, 2.24) is 9.55 Å². The van der Waals surface area contributed by atoms with E-state index >= 15 is 0 Å². The Morgan fingerprint density at radius 2 is 1.62 bits per heavy atom. The van der Waals surface area contributed by atoms with E-state index in [1.807, 2.05) is 6.20 Å². The maximum absolute atomic E-state index is 5.75. The Labute approximate surface area is 174 Å². The van der Waals surface area contributed by atoms with Gasteiger partial charge in [-0.2, -0.15) is 0 Å². The maximum Gasteiger partial charge on any atom is 0.205 e. The van der Waals surface area contributed by atoms with Crippen molar-refractivity contribution in [1.29, 1.82) is 0 Å². The summed E-state index contributed by atoms with van der Waals surface area (Å²) in [5, 5.41) is 0. The van der Waals surface area contributed by atoms with Gasteiger partial charge in [0.1, 0.15) is 0 Å². The molecule has 1 fully saturated rings. The molecule has 4 nitrogen and oxygen atoms in total. The van der Waals surface area contributed by atoms with Crippen LogP contribution >= 0.6 is 0 Å². The largest absolute Gasteiger partial charge is 0.350 e. The second kappa shape index (κ2) is 9.90. The topological polar surface area (TPSA) is 36.3 Å². The van der Waals surface area contributed by atoms with Crippen LogP contribution in [-0.4, -0.2) is 36.3 Å². The fourth-order valence-electron chi connectivity index (χ4n) is 4.21. The first-order valence-electron chi connectivity index (χ1n) is 10.7. The molecule has 0 N–H and O–H groups in total. The number of nitrogens with zero attached hydrogens (tertiary/aromatic N) is 2. The highest BCUT2D eigenvalue weighted by atomic mass is 16.7. The molecule has 1 atom stereocenters. The predicted molar refractivity (Wildman–Crippen MR) is 118 cm³/mol. The lowest BCUT2D eigenvalue weighted by Crippen LogP contribution is -2.33. The molecule has 2 aromatic carbocycles. The van der Waals surface area contributed by atoms with Gasteiger partial charge in [0, 0.05) is 30.8 Å². The Kier molecular flexibility index (Phi) is 6.81. The summed E-state index contributed by atoms with van der Waals surface area (Å²) in [6.45, 7) is 4.49. The fraction of sp³-hybridized carbons (Fsp3) is 0.375. The molecule has 1 unspecified atom stereocenters. The molecule has 29 heavy (non-hydrogen) atoms. The molecule has 0 aliphatic carbocycles. The van der Waals surface area contributed by atoms with Gasteiger partial charge >= 0.3 is 0 Å². The van der Waals surface area contributed by atoms with Gasteiger partial charge in [-0.05, 0) is 17.5 Å². The molecule has 1 saturated heterocycles. The Bertz CT molecular complexity index is 823. The summed E-state index contributed by atoms with van der Waals surface area (Å²) in [4.78, 5) is 4.67. The predicted octanol–water partition coefficient (Wildman–Crippen LogP) is 3.59. The summed E-state index contributed by atoms with van der Waals surface area (Å²) in [5.74, 6) is 0.718. The molecular weight excluding hydrogens is 359 g/mol. The molecule has 150 valence electrons. The molecule has 1 aliphatic heterocycles. The molecule has 4 rings (SSSR count). The van der Waals surface area contributed by atoms with E-state index < -0.39 is 0 Å². The van der Waals surface area contributed by atoms with Crippen LogP contribution in [0.25, 0.3) is 0 Å². The summed E-state index contributed by atoms with van der Waals surface area (Å²) >= 11 is 0. The smallest absolute Gasteiger partial charge is 0.205 e. The van der Waals surface area contributed by atoms with Crippen molar-refractivity contribution in [2.45, 2.75) is 38.4 Å². The van der Waals surface area contributed by atoms with Gasteiger partial charge in [0.15, 0.2) is 6.29 Å². The number of imidazole rings is 1. The SMILES string of the molecule is CCC(Cn1ccnc1BCC(c1ccccc1)c1ccccc1)C1OCCO1. The molecule has 0 spiro atoms. The van der Waals surface area contributed by atoms with Crippen molar-refractivity contribution in [2.24, 2.45) is 5.92 Å². The van der Waals surface area contributed by atoms with E-state index in [0.29, 0.717) is 25.0 Å². The average molecular weight is 388 g/mol. The van der Waals surface area contributed by atoms with Crippen LogP contribution in [0.4, 0.5) is 0 Å². The normalized spacial score (nSPS) is 15.7. The van der Waals surface area contributed by atoms with Crippen LogP contribution in [0.3, 0.4) is 0 Å². The van der Waals surface area contributed by atoms with Crippen LogP contribution < -0.4 is 5.72 Å². The molecule has 1 aliphatic rings. The van der Waals surface area contributed by atoms with Gasteiger partial charge in [0.05, 0.1) is 18.9 Å².